The second-order valence-corrected chi connectivity index (χ2v) is 7.04. The molecule has 3 heterocycles. The average Bonchev–Trinajstić information content (AvgIpc) is 3.44. The number of alkyl halides is 3. The minimum atomic E-state index is -4.44. The topological polar surface area (TPSA) is 80.1 Å². The summed E-state index contributed by atoms with van der Waals surface area (Å²) >= 11 is 1.06. The number of nitrogens with one attached hydrogen (secondary N) is 1. The van der Waals surface area contributed by atoms with Gasteiger partial charge in [-0.2, -0.15) is 18.3 Å². The highest BCUT2D eigenvalue weighted by Crippen LogP contribution is 2.33. The third kappa shape index (κ3) is 4.54. The molecule has 1 aliphatic rings. The van der Waals surface area contributed by atoms with E-state index in [2.05, 4.69) is 15.5 Å². The largest absolute Gasteiger partial charge is 0.463 e. The molecule has 30 heavy (non-hydrogen) atoms. The number of nitrogens with zero attached hydrogens (tertiary/aromatic N) is 2. The van der Waals surface area contributed by atoms with Crippen LogP contribution in [0, 0.1) is 0 Å². The first-order valence-electron chi connectivity index (χ1n) is 8.51. The molecule has 1 saturated heterocycles. The molecule has 3 aromatic rings. The Bertz CT molecular complexity index is 1160. The summed E-state index contributed by atoms with van der Waals surface area (Å²) in [6.07, 6.45) is -0.0647. The molecule has 0 atom stereocenters. The van der Waals surface area contributed by atoms with E-state index < -0.39 is 11.7 Å². The lowest BCUT2D eigenvalue weighted by Gasteiger charge is -2.07. The minimum absolute atomic E-state index is 0.258. The predicted octanol–water partition coefficient (Wildman–Crippen LogP) is 5.15. The van der Waals surface area contributed by atoms with Gasteiger partial charge in [0.05, 0.1) is 22.9 Å². The Morgan fingerprint density at radius 1 is 1.07 bits per heavy atom. The lowest BCUT2D eigenvalue weighted by Crippen LogP contribution is -2.19. The van der Waals surface area contributed by atoms with Crippen molar-refractivity contribution in [3.8, 4) is 11.3 Å². The molecule has 6 nitrogen and oxygen atoms in total. The molecule has 1 aromatic carbocycles. The van der Waals surface area contributed by atoms with Gasteiger partial charge in [-0.25, -0.2) is 0 Å². The van der Waals surface area contributed by atoms with Gasteiger partial charge in [0, 0.05) is 11.6 Å². The van der Waals surface area contributed by atoms with Crippen LogP contribution in [0.4, 0.5) is 13.2 Å². The molecule has 0 aliphatic carbocycles. The Kier molecular flexibility index (Phi) is 5.32. The van der Waals surface area contributed by atoms with Gasteiger partial charge in [0.15, 0.2) is 5.17 Å². The number of carbonyl (C=O) groups is 1. The minimum Gasteiger partial charge on any atom is -0.463 e. The number of halogens is 3. The summed E-state index contributed by atoms with van der Waals surface area (Å²) in [5, 5.41) is 10.6. The van der Waals surface area contributed by atoms with Gasteiger partial charge in [0.2, 0.25) is 0 Å². The van der Waals surface area contributed by atoms with Crippen molar-refractivity contribution in [2.24, 2.45) is 10.2 Å². The summed E-state index contributed by atoms with van der Waals surface area (Å²) in [7, 11) is 0. The highest BCUT2D eigenvalue weighted by molar-refractivity contribution is 8.18. The first-order valence-corrected chi connectivity index (χ1v) is 9.33. The number of carbonyl (C=O) groups excluding carboxylic acids is 1. The number of benzene rings is 1. The Hall–Kier alpha value is -3.53. The molecule has 1 N–H and O–H groups in total. The fourth-order valence-electron chi connectivity index (χ4n) is 2.54. The SMILES string of the molecule is O=C1NC(=NN=Cc2ccco2)SC1=Cc1ccc(-c2cccc(C(F)(F)F)c2)o1. The van der Waals surface area contributed by atoms with Crippen molar-refractivity contribution in [3.63, 3.8) is 0 Å². The van der Waals surface area contributed by atoms with Crippen LogP contribution < -0.4 is 5.32 Å². The molecule has 10 heteroatoms. The van der Waals surface area contributed by atoms with Crippen LogP contribution in [0.3, 0.4) is 0 Å². The highest BCUT2D eigenvalue weighted by Gasteiger charge is 2.30. The van der Waals surface area contributed by atoms with E-state index in [-0.39, 0.29) is 22.4 Å². The van der Waals surface area contributed by atoms with E-state index in [4.69, 9.17) is 8.83 Å². The van der Waals surface area contributed by atoms with Gasteiger partial charge in [0.25, 0.3) is 5.91 Å². The monoisotopic (exact) mass is 431 g/mol. The lowest BCUT2D eigenvalue weighted by atomic mass is 10.1. The highest BCUT2D eigenvalue weighted by atomic mass is 32.2. The van der Waals surface area contributed by atoms with Gasteiger partial charge in [-0.1, -0.05) is 12.1 Å². The second kappa shape index (κ2) is 8.07. The normalized spacial score (nSPS) is 17.4. The number of hydrogen-bond acceptors (Lipinski definition) is 6. The molecule has 4 rings (SSSR count). The molecule has 1 aliphatic heterocycles. The summed E-state index contributed by atoms with van der Waals surface area (Å²) in [5.74, 6) is 0.708. The smallest absolute Gasteiger partial charge is 0.416 e. The molecule has 1 amide bonds. The first-order chi connectivity index (χ1) is 14.4. The number of furan rings is 2. The number of thioether (sulfide) groups is 1. The molecule has 0 radical (unpaired) electrons. The lowest BCUT2D eigenvalue weighted by molar-refractivity contribution is -0.137. The number of amidine groups is 1. The van der Waals surface area contributed by atoms with Crippen molar-refractivity contribution in [2.45, 2.75) is 6.18 Å². The average molecular weight is 431 g/mol. The van der Waals surface area contributed by atoms with Crippen LogP contribution in [0.2, 0.25) is 0 Å². The number of amides is 1. The van der Waals surface area contributed by atoms with E-state index >= 15 is 0 Å². The summed E-state index contributed by atoms with van der Waals surface area (Å²) in [6, 6.07) is 11.4. The molecule has 152 valence electrons. The van der Waals surface area contributed by atoms with Gasteiger partial charge in [0.1, 0.15) is 17.3 Å². The van der Waals surface area contributed by atoms with Crippen LogP contribution in [0.25, 0.3) is 17.4 Å². The van der Waals surface area contributed by atoms with Crippen molar-refractivity contribution < 1.29 is 26.8 Å². The van der Waals surface area contributed by atoms with Crippen molar-refractivity contribution in [3.05, 3.63) is 76.8 Å². The molecule has 0 spiro atoms. The maximum atomic E-state index is 12.9. The van der Waals surface area contributed by atoms with E-state index in [1.54, 1.807) is 24.3 Å². The maximum Gasteiger partial charge on any atom is 0.416 e. The molecule has 0 unspecified atom stereocenters. The van der Waals surface area contributed by atoms with Gasteiger partial charge in [-0.05, 0) is 48.2 Å². The maximum absolute atomic E-state index is 12.9. The number of hydrogen-bond donors (Lipinski definition) is 1. The fourth-order valence-corrected chi connectivity index (χ4v) is 3.30. The summed E-state index contributed by atoms with van der Waals surface area (Å²) in [4.78, 5) is 12.4. The quantitative estimate of drug-likeness (QED) is 0.352. The van der Waals surface area contributed by atoms with E-state index in [1.165, 1.54) is 30.7 Å². The standard InChI is InChI=1S/C20H12F3N3O3S/c21-20(22,23)13-4-1-3-12(9-13)16-7-6-14(29-16)10-17-18(27)25-19(30-17)26-24-11-15-5-2-8-28-15/h1-11H,(H,25,26,27). The Balaban J connectivity index is 1.50. The van der Waals surface area contributed by atoms with Gasteiger partial charge in [-0.15, -0.1) is 5.10 Å². The Morgan fingerprint density at radius 2 is 1.93 bits per heavy atom. The molecule has 2 aromatic heterocycles. The first kappa shape index (κ1) is 19.8. The zero-order chi connectivity index (χ0) is 21.1. The molecule has 0 bridgehead atoms. The molecular weight excluding hydrogens is 419 g/mol. The van der Waals surface area contributed by atoms with Crippen LogP contribution in [0.15, 0.2) is 78.7 Å². The van der Waals surface area contributed by atoms with Crippen molar-refractivity contribution in [2.75, 3.05) is 0 Å². The Morgan fingerprint density at radius 3 is 2.70 bits per heavy atom. The van der Waals surface area contributed by atoms with Gasteiger partial charge < -0.3 is 8.83 Å². The van der Waals surface area contributed by atoms with Crippen LogP contribution in [0.1, 0.15) is 17.1 Å². The van der Waals surface area contributed by atoms with Gasteiger partial charge in [-0.3, -0.25) is 10.1 Å². The van der Waals surface area contributed by atoms with Crippen LogP contribution in [-0.4, -0.2) is 17.3 Å². The molecule has 1 fully saturated rings. The third-order valence-electron chi connectivity index (χ3n) is 3.90. The third-order valence-corrected chi connectivity index (χ3v) is 4.80. The summed E-state index contributed by atoms with van der Waals surface area (Å²) in [5.41, 5.74) is -0.481. The summed E-state index contributed by atoms with van der Waals surface area (Å²) in [6.45, 7) is 0. The van der Waals surface area contributed by atoms with Crippen LogP contribution >= 0.6 is 11.8 Å². The fraction of sp³-hybridized carbons (Fsp3) is 0.0500. The van der Waals surface area contributed by atoms with E-state index in [1.807, 2.05) is 0 Å². The zero-order valence-corrected chi connectivity index (χ0v) is 15.8. The van der Waals surface area contributed by atoms with Crippen LogP contribution in [0.5, 0.6) is 0 Å². The summed E-state index contributed by atoms with van der Waals surface area (Å²) < 4.78 is 49.4. The van der Waals surface area contributed by atoms with Crippen molar-refractivity contribution in [1.82, 2.24) is 5.32 Å². The van der Waals surface area contributed by atoms with E-state index in [0.717, 1.165) is 23.9 Å². The Labute approximate surface area is 172 Å². The van der Waals surface area contributed by atoms with Crippen LogP contribution in [-0.2, 0) is 11.0 Å². The van der Waals surface area contributed by atoms with Gasteiger partial charge >= 0.3 is 6.18 Å². The predicted molar refractivity (Wildman–Crippen MR) is 107 cm³/mol. The van der Waals surface area contributed by atoms with E-state index in [9.17, 15) is 18.0 Å². The van der Waals surface area contributed by atoms with Crippen molar-refractivity contribution in [1.29, 1.82) is 0 Å². The molecular formula is C20H12F3N3O3S. The van der Waals surface area contributed by atoms with Crippen molar-refractivity contribution >= 4 is 35.1 Å². The zero-order valence-electron chi connectivity index (χ0n) is 15.0. The van der Waals surface area contributed by atoms with E-state index in [0.29, 0.717) is 16.4 Å². The second-order valence-electron chi connectivity index (χ2n) is 6.01. The molecule has 0 saturated carbocycles. The number of rotatable bonds is 4.